The lowest BCUT2D eigenvalue weighted by atomic mass is 10.1. The summed E-state index contributed by atoms with van der Waals surface area (Å²) in [5.74, 6) is 1.31. The summed E-state index contributed by atoms with van der Waals surface area (Å²) in [6, 6.07) is 16.7. The minimum atomic E-state index is -0.179. The number of benzene rings is 2. The molecule has 0 spiro atoms. The molecule has 0 aliphatic heterocycles. The number of hydrogen-bond donors (Lipinski definition) is 1. The zero-order valence-electron chi connectivity index (χ0n) is 13.2. The van der Waals surface area contributed by atoms with Gasteiger partial charge >= 0.3 is 0 Å². The molecule has 122 valence electrons. The number of hydrogen-bond acceptors (Lipinski definition) is 5. The Bertz CT molecular complexity index is 798. The van der Waals surface area contributed by atoms with Crippen molar-refractivity contribution in [3.05, 3.63) is 77.4 Å². The van der Waals surface area contributed by atoms with Crippen LogP contribution >= 0.6 is 0 Å². The van der Waals surface area contributed by atoms with Crippen LogP contribution in [0.2, 0.25) is 0 Å². The number of aromatic nitrogens is 2. The number of aryl methyl sites for hydroxylation is 1. The number of carbonyl (C=O) groups is 1. The fourth-order valence-electron chi connectivity index (χ4n) is 2.05. The molecule has 0 aliphatic rings. The third-order valence-electron chi connectivity index (χ3n) is 3.34. The number of nitrogens with zero attached hydrogens (tertiary/aromatic N) is 2. The fraction of sp³-hybridized carbons (Fsp3) is 0.167. The molecule has 1 N–H and O–H groups in total. The van der Waals surface area contributed by atoms with Gasteiger partial charge in [-0.05, 0) is 31.2 Å². The Morgan fingerprint density at radius 2 is 1.88 bits per heavy atom. The van der Waals surface area contributed by atoms with Crippen molar-refractivity contribution in [1.82, 2.24) is 15.5 Å². The summed E-state index contributed by atoms with van der Waals surface area (Å²) in [5.41, 5.74) is 1.70. The van der Waals surface area contributed by atoms with Gasteiger partial charge in [-0.3, -0.25) is 4.79 Å². The van der Waals surface area contributed by atoms with Crippen LogP contribution in [-0.2, 0) is 13.2 Å². The molecule has 0 unspecified atom stereocenters. The molecule has 0 saturated heterocycles. The highest BCUT2D eigenvalue weighted by molar-refractivity contribution is 5.94. The number of amides is 1. The van der Waals surface area contributed by atoms with Gasteiger partial charge < -0.3 is 14.6 Å². The van der Waals surface area contributed by atoms with Crippen molar-refractivity contribution in [1.29, 1.82) is 0 Å². The molecule has 1 aromatic heterocycles. The largest absolute Gasteiger partial charge is 0.484 e. The lowest BCUT2D eigenvalue weighted by molar-refractivity contribution is 0.0949. The van der Waals surface area contributed by atoms with E-state index in [4.69, 9.17) is 9.26 Å². The zero-order valence-corrected chi connectivity index (χ0v) is 13.2. The van der Waals surface area contributed by atoms with E-state index in [9.17, 15) is 4.79 Å². The molecule has 0 saturated carbocycles. The number of para-hydroxylation sites is 1. The maximum atomic E-state index is 12.0. The van der Waals surface area contributed by atoms with Crippen molar-refractivity contribution in [2.24, 2.45) is 0 Å². The summed E-state index contributed by atoms with van der Waals surface area (Å²) in [5, 5.41) is 6.58. The minimum Gasteiger partial charge on any atom is -0.484 e. The lowest BCUT2D eigenvalue weighted by Crippen LogP contribution is -2.23. The topological polar surface area (TPSA) is 77.2 Å². The Kier molecular flexibility index (Phi) is 4.86. The van der Waals surface area contributed by atoms with Crippen molar-refractivity contribution in [3.63, 3.8) is 0 Å². The second kappa shape index (κ2) is 7.41. The number of ether oxygens (including phenoxy) is 1. The summed E-state index contributed by atoms with van der Waals surface area (Å²) in [6.07, 6.45) is 0. The van der Waals surface area contributed by atoms with E-state index < -0.39 is 0 Å². The molecule has 6 nitrogen and oxygen atoms in total. The van der Waals surface area contributed by atoms with Gasteiger partial charge in [-0.25, -0.2) is 0 Å². The number of nitrogens with one attached hydrogen (secondary N) is 1. The van der Waals surface area contributed by atoms with Crippen LogP contribution in [0.3, 0.4) is 0 Å². The molecular formula is C18H17N3O3. The summed E-state index contributed by atoms with van der Waals surface area (Å²) in [7, 11) is 0. The molecule has 0 atom stereocenters. The van der Waals surface area contributed by atoms with Gasteiger partial charge in [-0.15, -0.1) is 0 Å². The SMILES string of the molecule is Cc1ccc(C(=O)NCc2noc(COc3ccccc3)n2)cc1. The molecule has 1 amide bonds. The van der Waals surface area contributed by atoms with Gasteiger partial charge in [-0.1, -0.05) is 41.1 Å². The van der Waals surface area contributed by atoms with E-state index in [0.29, 0.717) is 17.3 Å². The standard InChI is InChI=1S/C18H17N3O3/c1-13-7-9-14(10-8-13)18(22)19-11-16-20-17(24-21-16)12-23-15-5-3-2-4-6-15/h2-10H,11-12H2,1H3,(H,19,22). The molecule has 0 bridgehead atoms. The maximum Gasteiger partial charge on any atom is 0.264 e. The van der Waals surface area contributed by atoms with Crippen LogP contribution in [0.5, 0.6) is 5.75 Å². The van der Waals surface area contributed by atoms with Gasteiger partial charge in [0.05, 0.1) is 6.54 Å². The Balaban J connectivity index is 1.50. The smallest absolute Gasteiger partial charge is 0.264 e. The number of rotatable bonds is 6. The molecule has 2 aromatic carbocycles. The first kappa shape index (κ1) is 15.7. The van der Waals surface area contributed by atoms with E-state index in [1.807, 2.05) is 49.4 Å². The van der Waals surface area contributed by atoms with Crippen molar-refractivity contribution < 1.29 is 14.1 Å². The first-order chi connectivity index (χ1) is 11.7. The van der Waals surface area contributed by atoms with Crippen LogP contribution in [0, 0.1) is 6.92 Å². The van der Waals surface area contributed by atoms with Crippen LogP contribution in [0.15, 0.2) is 59.1 Å². The van der Waals surface area contributed by atoms with E-state index in [0.717, 1.165) is 11.3 Å². The summed E-state index contributed by atoms with van der Waals surface area (Å²) in [4.78, 5) is 16.2. The number of carbonyl (C=O) groups excluding carboxylic acids is 1. The van der Waals surface area contributed by atoms with Crippen molar-refractivity contribution in [2.45, 2.75) is 20.1 Å². The van der Waals surface area contributed by atoms with Gasteiger partial charge in [0.2, 0.25) is 0 Å². The van der Waals surface area contributed by atoms with Crippen LogP contribution < -0.4 is 10.1 Å². The highest BCUT2D eigenvalue weighted by atomic mass is 16.5. The van der Waals surface area contributed by atoms with Gasteiger partial charge in [0, 0.05) is 5.56 Å². The average molecular weight is 323 g/mol. The summed E-state index contributed by atoms with van der Waals surface area (Å²) >= 11 is 0. The Morgan fingerprint density at radius 1 is 1.12 bits per heavy atom. The van der Waals surface area contributed by atoms with Crippen LogP contribution in [0.25, 0.3) is 0 Å². The Morgan fingerprint density at radius 3 is 2.62 bits per heavy atom. The average Bonchev–Trinajstić information content (AvgIpc) is 3.07. The second-order valence-electron chi connectivity index (χ2n) is 5.25. The molecule has 3 rings (SSSR count). The van der Waals surface area contributed by atoms with E-state index in [1.54, 1.807) is 12.1 Å². The van der Waals surface area contributed by atoms with Crippen molar-refractivity contribution >= 4 is 5.91 Å². The fourth-order valence-corrected chi connectivity index (χ4v) is 2.05. The highest BCUT2D eigenvalue weighted by Gasteiger charge is 2.10. The molecule has 0 radical (unpaired) electrons. The van der Waals surface area contributed by atoms with Crippen molar-refractivity contribution in [2.75, 3.05) is 0 Å². The molecule has 6 heteroatoms. The molecule has 3 aromatic rings. The highest BCUT2D eigenvalue weighted by Crippen LogP contribution is 2.10. The summed E-state index contributed by atoms with van der Waals surface area (Å²) in [6.45, 7) is 2.35. The monoisotopic (exact) mass is 323 g/mol. The van der Waals surface area contributed by atoms with Crippen LogP contribution in [-0.4, -0.2) is 16.0 Å². The second-order valence-corrected chi connectivity index (χ2v) is 5.25. The first-order valence-electron chi connectivity index (χ1n) is 7.55. The molecule has 1 heterocycles. The first-order valence-corrected chi connectivity index (χ1v) is 7.55. The van der Waals surface area contributed by atoms with E-state index >= 15 is 0 Å². The van der Waals surface area contributed by atoms with Gasteiger partial charge in [0.15, 0.2) is 12.4 Å². The van der Waals surface area contributed by atoms with Gasteiger partial charge in [0.1, 0.15) is 5.75 Å². The van der Waals surface area contributed by atoms with E-state index in [1.165, 1.54) is 0 Å². The van der Waals surface area contributed by atoms with Gasteiger partial charge in [0.25, 0.3) is 11.8 Å². The molecular weight excluding hydrogens is 306 g/mol. The molecule has 0 aliphatic carbocycles. The van der Waals surface area contributed by atoms with E-state index in [2.05, 4.69) is 15.5 Å². The summed E-state index contributed by atoms with van der Waals surface area (Å²) < 4.78 is 10.6. The molecule has 24 heavy (non-hydrogen) atoms. The van der Waals surface area contributed by atoms with Crippen LogP contribution in [0.1, 0.15) is 27.6 Å². The predicted molar refractivity (Wildman–Crippen MR) is 87.4 cm³/mol. The zero-order chi connectivity index (χ0) is 16.8. The van der Waals surface area contributed by atoms with Crippen LogP contribution in [0.4, 0.5) is 0 Å². The minimum absolute atomic E-state index is 0.179. The van der Waals surface area contributed by atoms with Gasteiger partial charge in [-0.2, -0.15) is 4.98 Å². The lowest BCUT2D eigenvalue weighted by Gasteiger charge is -2.02. The Labute approximate surface area is 139 Å². The normalized spacial score (nSPS) is 10.4. The van der Waals surface area contributed by atoms with Crippen molar-refractivity contribution in [3.8, 4) is 5.75 Å². The molecule has 0 fully saturated rings. The third kappa shape index (κ3) is 4.19. The predicted octanol–water partition coefficient (Wildman–Crippen LogP) is 2.89. The Hall–Kier alpha value is -3.15. The quantitative estimate of drug-likeness (QED) is 0.755. The van der Waals surface area contributed by atoms with E-state index in [-0.39, 0.29) is 19.1 Å². The third-order valence-corrected chi connectivity index (χ3v) is 3.34. The maximum absolute atomic E-state index is 12.0.